The van der Waals surface area contributed by atoms with Gasteiger partial charge in [-0.25, -0.2) is 4.99 Å². The summed E-state index contributed by atoms with van der Waals surface area (Å²) in [5.41, 5.74) is 1.18. The number of aliphatic imine (C=N–C) groups is 1. The molecule has 17 heavy (non-hydrogen) atoms. The summed E-state index contributed by atoms with van der Waals surface area (Å²) >= 11 is 0. The monoisotopic (exact) mass is 233 g/mol. The lowest BCUT2D eigenvalue weighted by atomic mass is 10.1. The molecule has 1 N–H and O–H groups in total. The van der Waals surface area contributed by atoms with E-state index in [4.69, 9.17) is 0 Å². The van der Waals surface area contributed by atoms with Gasteiger partial charge in [-0.3, -0.25) is 9.59 Å². The quantitative estimate of drug-likeness (QED) is 0.584. The summed E-state index contributed by atoms with van der Waals surface area (Å²) < 4.78 is 0. The van der Waals surface area contributed by atoms with Crippen molar-refractivity contribution in [3.05, 3.63) is 27.5 Å². The summed E-state index contributed by atoms with van der Waals surface area (Å²) in [6.45, 7) is 1.83. The van der Waals surface area contributed by atoms with Crippen LogP contribution in [0.1, 0.15) is 29.3 Å². The number of carbonyl (C=O) groups is 1. The fourth-order valence-corrected chi connectivity index (χ4v) is 1.82. The second-order valence-corrected chi connectivity index (χ2v) is 4.36. The van der Waals surface area contributed by atoms with Gasteiger partial charge in [0, 0.05) is 26.6 Å². The van der Waals surface area contributed by atoms with Crippen LogP contribution in [0.5, 0.6) is 0 Å². The third-order valence-electron chi connectivity index (χ3n) is 2.93. The van der Waals surface area contributed by atoms with E-state index >= 15 is 0 Å². The summed E-state index contributed by atoms with van der Waals surface area (Å²) in [6.07, 6.45) is 1.11. The first-order chi connectivity index (χ1) is 7.99. The zero-order valence-electron chi connectivity index (χ0n) is 10.2. The Hall–Kier alpha value is -1.91. The lowest BCUT2D eigenvalue weighted by Gasteiger charge is -2.11. The van der Waals surface area contributed by atoms with Gasteiger partial charge in [0.05, 0.1) is 5.56 Å². The highest BCUT2D eigenvalue weighted by Gasteiger charge is 2.24. The molecule has 5 nitrogen and oxygen atoms in total. The Morgan fingerprint density at radius 1 is 1.35 bits per heavy atom. The molecule has 0 aromatic carbocycles. The van der Waals surface area contributed by atoms with Crippen LogP contribution in [-0.2, 0) is 6.42 Å². The van der Waals surface area contributed by atoms with Crippen LogP contribution in [0.4, 0.5) is 5.82 Å². The van der Waals surface area contributed by atoms with E-state index in [0.29, 0.717) is 24.2 Å². The van der Waals surface area contributed by atoms with Gasteiger partial charge < -0.3 is 9.88 Å². The van der Waals surface area contributed by atoms with Crippen LogP contribution >= 0.6 is 0 Å². The van der Waals surface area contributed by atoms with E-state index in [-0.39, 0.29) is 11.3 Å². The first-order valence-electron chi connectivity index (χ1n) is 5.51. The number of aromatic amines is 1. The molecule has 0 bridgehead atoms. The van der Waals surface area contributed by atoms with Crippen molar-refractivity contribution in [1.29, 1.82) is 0 Å². The van der Waals surface area contributed by atoms with Gasteiger partial charge in [-0.2, -0.15) is 0 Å². The number of rotatable bonds is 1. The molecule has 0 atom stereocenters. The van der Waals surface area contributed by atoms with Crippen LogP contribution in [0.25, 0.3) is 0 Å². The minimum absolute atomic E-state index is 0.0570. The van der Waals surface area contributed by atoms with E-state index in [2.05, 4.69) is 9.98 Å². The number of carbonyl (C=O) groups excluding carboxylic acids is 1. The Kier molecular flexibility index (Phi) is 2.83. The summed E-state index contributed by atoms with van der Waals surface area (Å²) in [5, 5.41) is 0. The highest BCUT2D eigenvalue weighted by Crippen LogP contribution is 2.27. The largest absolute Gasteiger partial charge is 0.366 e. The number of hydrogen-bond acceptors (Lipinski definition) is 3. The molecule has 0 amide bonds. The van der Waals surface area contributed by atoms with Gasteiger partial charge in [-0.15, -0.1) is 0 Å². The number of nitrogens with one attached hydrogen (secondary N) is 1. The van der Waals surface area contributed by atoms with Crippen LogP contribution in [0.3, 0.4) is 0 Å². The first-order valence-corrected chi connectivity index (χ1v) is 5.51. The molecule has 1 aromatic heterocycles. The zero-order valence-corrected chi connectivity index (χ0v) is 10.2. The van der Waals surface area contributed by atoms with Crippen LogP contribution in [-0.4, -0.2) is 35.6 Å². The number of H-pyrrole nitrogens is 1. The third-order valence-corrected chi connectivity index (χ3v) is 2.93. The third kappa shape index (κ3) is 2.13. The molecule has 0 radical (unpaired) electrons. The van der Waals surface area contributed by atoms with Gasteiger partial charge in [0.1, 0.15) is 11.7 Å². The van der Waals surface area contributed by atoms with Crippen LogP contribution in [0.15, 0.2) is 15.9 Å². The van der Waals surface area contributed by atoms with Crippen molar-refractivity contribution in [2.45, 2.75) is 19.8 Å². The maximum absolute atomic E-state index is 11.7. The van der Waals surface area contributed by atoms with E-state index in [1.54, 1.807) is 0 Å². The van der Waals surface area contributed by atoms with E-state index in [0.717, 1.165) is 11.4 Å². The number of amidine groups is 1. The van der Waals surface area contributed by atoms with Crippen molar-refractivity contribution in [2.24, 2.45) is 4.99 Å². The SMILES string of the molecule is C/C(=N/c1[nH]c(=O)cc2c1C(=O)CC2)N(C)C. The molecule has 0 unspecified atom stereocenters. The summed E-state index contributed by atoms with van der Waals surface area (Å²) in [4.78, 5) is 32.0. The van der Waals surface area contributed by atoms with Crippen LogP contribution < -0.4 is 5.56 Å². The summed E-state index contributed by atoms with van der Waals surface area (Å²) in [7, 11) is 3.73. The van der Waals surface area contributed by atoms with Crippen molar-refractivity contribution in [2.75, 3.05) is 14.1 Å². The van der Waals surface area contributed by atoms with Gasteiger partial charge in [-0.05, 0) is 18.9 Å². The number of fused-ring (bicyclic) bond motifs is 1. The molecule has 2 rings (SSSR count). The number of Topliss-reactive ketones (excluding diaryl/α,β-unsaturated/α-hetero) is 1. The van der Waals surface area contributed by atoms with Gasteiger partial charge in [0.25, 0.3) is 0 Å². The highest BCUT2D eigenvalue weighted by atomic mass is 16.1. The van der Waals surface area contributed by atoms with Crippen molar-refractivity contribution >= 4 is 17.4 Å². The number of ketones is 1. The smallest absolute Gasteiger partial charge is 0.249 e. The molecule has 90 valence electrons. The Balaban J connectivity index is 2.59. The van der Waals surface area contributed by atoms with Gasteiger partial charge in [0.2, 0.25) is 5.56 Å². The molecule has 1 aliphatic carbocycles. The Labute approximate surface area is 99.2 Å². The Bertz CT molecular complexity index is 555. The van der Waals surface area contributed by atoms with E-state index in [9.17, 15) is 9.59 Å². The second-order valence-electron chi connectivity index (χ2n) is 4.36. The maximum Gasteiger partial charge on any atom is 0.249 e. The molecule has 1 aromatic rings. The van der Waals surface area contributed by atoms with Crippen molar-refractivity contribution in [3.8, 4) is 0 Å². The molecule has 0 saturated carbocycles. The minimum atomic E-state index is -0.205. The average molecular weight is 233 g/mol. The van der Waals surface area contributed by atoms with Crippen molar-refractivity contribution < 1.29 is 4.79 Å². The van der Waals surface area contributed by atoms with Crippen molar-refractivity contribution in [3.63, 3.8) is 0 Å². The first kappa shape index (κ1) is 11.6. The number of aromatic nitrogens is 1. The highest BCUT2D eigenvalue weighted by molar-refractivity contribution is 6.04. The predicted octanol–water partition coefficient (Wildman–Crippen LogP) is 1.12. The van der Waals surface area contributed by atoms with Gasteiger partial charge >= 0.3 is 0 Å². The topological polar surface area (TPSA) is 65.5 Å². The van der Waals surface area contributed by atoms with Gasteiger partial charge in [-0.1, -0.05) is 0 Å². The standard InChI is InChI=1S/C12H15N3O2/c1-7(15(2)3)13-12-11-8(4-5-9(11)16)6-10(17)14-12/h6H,4-5H2,1-3H3,(H,14,17)/b13-7-. The molecular formula is C12H15N3O2. The number of aryl methyl sites for hydroxylation is 1. The second kappa shape index (κ2) is 4.16. The molecule has 1 heterocycles. The lowest BCUT2D eigenvalue weighted by Crippen LogP contribution is -2.18. The van der Waals surface area contributed by atoms with E-state index in [1.165, 1.54) is 6.07 Å². The summed E-state index contributed by atoms with van der Waals surface area (Å²) in [6, 6.07) is 1.49. The predicted molar refractivity (Wildman–Crippen MR) is 66.2 cm³/mol. The fraction of sp³-hybridized carbons (Fsp3) is 0.417. The maximum atomic E-state index is 11.7. The van der Waals surface area contributed by atoms with Crippen LogP contribution in [0, 0.1) is 0 Å². The Morgan fingerprint density at radius 2 is 2.06 bits per heavy atom. The number of pyridine rings is 1. The minimum Gasteiger partial charge on any atom is -0.366 e. The molecular weight excluding hydrogens is 218 g/mol. The van der Waals surface area contributed by atoms with E-state index < -0.39 is 0 Å². The fourth-order valence-electron chi connectivity index (χ4n) is 1.82. The summed E-state index contributed by atoms with van der Waals surface area (Å²) in [5.74, 6) is 1.19. The lowest BCUT2D eigenvalue weighted by molar-refractivity contribution is 0.0995. The van der Waals surface area contributed by atoms with Crippen LogP contribution in [0.2, 0.25) is 0 Å². The Morgan fingerprint density at radius 3 is 2.71 bits per heavy atom. The van der Waals surface area contributed by atoms with Gasteiger partial charge in [0.15, 0.2) is 5.78 Å². The zero-order chi connectivity index (χ0) is 12.6. The molecule has 5 heteroatoms. The van der Waals surface area contributed by atoms with Crippen molar-refractivity contribution in [1.82, 2.24) is 9.88 Å². The molecule has 0 spiro atoms. The molecule has 0 fully saturated rings. The normalized spacial score (nSPS) is 15.0. The molecule has 1 aliphatic rings. The average Bonchev–Trinajstić information content (AvgIpc) is 2.59. The number of nitrogens with zero attached hydrogens (tertiary/aromatic N) is 2. The molecule has 0 saturated heterocycles. The van der Waals surface area contributed by atoms with E-state index in [1.807, 2.05) is 25.9 Å². The molecule has 0 aliphatic heterocycles. The number of hydrogen-bond donors (Lipinski definition) is 1.